The lowest BCUT2D eigenvalue weighted by Gasteiger charge is -2.25. The molecule has 0 saturated heterocycles. The molecule has 0 aliphatic heterocycles. The highest BCUT2D eigenvalue weighted by atomic mass is 32.2. The quantitative estimate of drug-likeness (QED) is 0.180. The van der Waals surface area contributed by atoms with Crippen LogP contribution in [0.3, 0.4) is 0 Å². The van der Waals surface area contributed by atoms with Gasteiger partial charge in [0, 0.05) is 18.0 Å². The normalized spacial score (nSPS) is 13.5. The van der Waals surface area contributed by atoms with Gasteiger partial charge in [-0.25, -0.2) is 18.4 Å². The number of anilines is 1. The summed E-state index contributed by atoms with van der Waals surface area (Å²) in [6.45, 7) is 2.99. The molecule has 1 heterocycles. The monoisotopic (exact) mass is 564 g/mol. The van der Waals surface area contributed by atoms with Crippen molar-refractivity contribution in [2.45, 2.75) is 43.8 Å². The van der Waals surface area contributed by atoms with Crippen molar-refractivity contribution >= 4 is 26.7 Å². The van der Waals surface area contributed by atoms with E-state index in [1.54, 1.807) is 36.7 Å². The van der Waals surface area contributed by atoms with Gasteiger partial charge < -0.3 is 4.90 Å². The lowest BCUT2D eigenvalue weighted by molar-refractivity contribution is -0.0556. The van der Waals surface area contributed by atoms with Crippen molar-refractivity contribution in [2.75, 3.05) is 12.0 Å². The van der Waals surface area contributed by atoms with Crippen LogP contribution in [0.1, 0.15) is 29.5 Å². The summed E-state index contributed by atoms with van der Waals surface area (Å²) in [7, 11) is -2.44. The van der Waals surface area contributed by atoms with Crippen LogP contribution in [0.5, 0.6) is 0 Å². The van der Waals surface area contributed by atoms with E-state index in [-0.39, 0.29) is 11.4 Å². The van der Waals surface area contributed by atoms with E-state index in [0.717, 1.165) is 57.3 Å². The number of hydroxylamine groups is 1. The molecule has 1 saturated carbocycles. The Morgan fingerprint density at radius 1 is 0.805 bits per heavy atom. The molecule has 1 aliphatic carbocycles. The van der Waals surface area contributed by atoms with Crippen molar-refractivity contribution in [1.29, 1.82) is 0 Å². The van der Waals surface area contributed by atoms with Gasteiger partial charge in [0.25, 0.3) is 10.0 Å². The fourth-order valence-corrected chi connectivity index (χ4v) is 6.43. The van der Waals surface area contributed by atoms with Gasteiger partial charge in [-0.15, -0.1) is 0 Å². The van der Waals surface area contributed by atoms with Gasteiger partial charge >= 0.3 is 0 Å². The van der Waals surface area contributed by atoms with E-state index in [9.17, 15) is 8.42 Å². The lowest BCUT2D eigenvalue weighted by atomic mass is 10.0. The number of fused-ring (bicyclic) bond motifs is 1. The van der Waals surface area contributed by atoms with E-state index in [0.29, 0.717) is 6.04 Å². The van der Waals surface area contributed by atoms with Crippen LogP contribution in [-0.4, -0.2) is 36.0 Å². The minimum atomic E-state index is -3.81. The summed E-state index contributed by atoms with van der Waals surface area (Å²) in [5.41, 5.74) is 6.20. The SMILES string of the molecule is CON(Cc1cccc(-c2ccc3ncnc(N(Cc4cccc(C)c4)C4CC4)c3c2)c1)S(=O)(=O)c1ccccc1. The first-order valence-corrected chi connectivity index (χ1v) is 15.1. The Kier molecular flexibility index (Phi) is 7.53. The smallest absolute Gasteiger partial charge is 0.265 e. The second-order valence-corrected chi connectivity index (χ2v) is 12.3. The molecule has 5 aromatic rings. The van der Waals surface area contributed by atoms with Crippen molar-refractivity contribution in [2.24, 2.45) is 0 Å². The van der Waals surface area contributed by atoms with Gasteiger partial charge in [0.1, 0.15) is 12.1 Å². The minimum absolute atomic E-state index is 0.0788. The van der Waals surface area contributed by atoms with Crippen molar-refractivity contribution in [3.63, 3.8) is 0 Å². The molecular formula is C33H32N4O3S. The third kappa shape index (κ3) is 5.86. The fraction of sp³-hybridized carbons (Fsp3) is 0.212. The highest BCUT2D eigenvalue weighted by molar-refractivity contribution is 7.89. The van der Waals surface area contributed by atoms with Gasteiger partial charge in [-0.3, -0.25) is 4.84 Å². The first-order valence-electron chi connectivity index (χ1n) is 13.7. The first kappa shape index (κ1) is 27.1. The molecule has 1 fully saturated rings. The second-order valence-electron chi connectivity index (χ2n) is 10.4. The zero-order valence-electron chi connectivity index (χ0n) is 23.1. The number of aromatic nitrogens is 2. The summed E-state index contributed by atoms with van der Waals surface area (Å²) < 4.78 is 27.3. The molecule has 0 unspecified atom stereocenters. The average molecular weight is 565 g/mol. The van der Waals surface area contributed by atoms with Gasteiger partial charge in [-0.1, -0.05) is 76.8 Å². The summed E-state index contributed by atoms with van der Waals surface area (Å²) in [5.74, 6) is 0.941. The highest BCUT2D eigenvalue weighted by Gasteiger charge is 2.31. The van der Waals surface area contributed by atoms with Gasteiger partial charge in [0.05, 0.1) is 24.1 Å². The molecular weight excluding hydrogens is 532 g/mol. The zero-order valence-corrected chi connectivity index (χ0v) is 24.0. The zero-order chi connectivity index (χ0) is 28.4. The standard InChI is InChI=1S/C33H32N4O3S/c1-24-8-6-9-25(18-24)21-36(29-15-16-29)33-31-20-28(14-17-32(31)34-23-35-33)27-11-7-10-26(19-27)22-37(40-2)41(38,39)30-12-4-3-5-13-30/h3-14,17-20,23,29H,15-16,21-22H2,1-2H3. The van der Waals surface area contributed by atoms with Gasteiger partial charge in [0.15, 0.2) is 0 Å². The molecule has 0 radical (unpaired) electrons. The summed E-state index contributed by atoms with van der Waals surface area (Å²) >= 11 is 0. The summed E-state index contributed by atoms with van der Waals surface area (Å²) in [5, 5.41) is 1.00. The molecule has 8 heteroatoms. The molecule has 0 bridgehead atoms. The summed E-state index contributed by atoms with van der Waals surface area (Å²) in [4.78, 5) is 17.2. The topological polar surface area (TPSA) is 75.6 Å². The Morgan fingerprint density at radius 2 is 1.54 bits per heavy atom. The number of rotatable bonds is 10. The third-order valence-electron chi connectivity index (χ3n) is 7.39. The molecule has 41 heavy (non-hydrogen) atoms. The number of benzene rings is 4. The van der Waals surface area contributed by atoms with Crippen molar-refractivity contribution in [3.8, 4) is 11.1 Å². The van der Waals surface area contributed by atoms with Crippen molar-refractivity contribution in [3.05, 3.63) is 120 Å². The fourth-order valence-electron chi connectivity index (χ4n) is 5.18. The molecule has 7 nitrogen and oxygen atoms in total. The van der Waals surface area contributed by atoms with Crippen LogP contribution >= 0.6 is 0 Å². The van der Waals surface area contributed by atoms with Crippen LogP contribution in [0.4, 0.5) is 5.82 Å². The van der Waals surface area contributed by atoms with Crippen LogP contribution in [-0.2, 0) is 28.0 Å². The Labute approximate surface area is 241 Å². The molecule has 0 spiro atoms. The molecule has 1 aliphatic rings. The number of aryl methyl sites for hydroxylation is 1. The minimum Gasteiger partial charge on any atom is -0.349 e. The van der Waals surface area contributed by atoms with Crippen molar-refractivity contribution < 1.29 is 13.3 Å². The number of nitrogens with zero attached hydrogens (tertiary/aromatic N) is 4. The van der Waals surface area contributed by atoms with Gasteiger partial charge in [-0.05, 0) is 72.4 Å². The van der Waals surface area contributed by atoms with Crippen LogP contribution in [0, 0.1) is 6.92 Å². The van der Waals surface area contributed by atoms with Crippen molar-refractivity contribution in [1.82, 2.24) is 14.4 Å². The van der Waals surface area contributed by atoms with Crippen LogP contribution in [0.25, 0.3) is 22.0 Å². The number of hydrogen-bond donors (Lipinski definition) is 0. The van der Waals surface area contributed by atoms with E-state index in [2.05, 4.69) is 53.2 Å². The molecule has 208 valence electrons. The van der Waals surface area contributed by atoms with E-state index < -0.39 is 10.0 Å². The van der Waals surface area contributed by atoms with E-state index in [1.165, 1.54) is 18.2 Å². The lowest BCUT2D eigenvalue weighted by Crippen LogP contribution is -2.29. The maximum Gasteiger partial charge on any atom is 0.265 e. The molecule has 6 rings (SSSR count). The summed E-state index contributed by atoms with van der Waals surface area (Å²) in [6, 6.07) is 31.5. The van der Waals surface area contributed by atoms with E-state index in [1.807, 2.05) is 30.3 Å². The molecule has 0 N–H and O–H groups in total. The summed E-state index contributed by atoms with van der Waals surface area (Å²) in [6.07, 6.45) is 3.96. The first-order chi connectivity index (χ1) is 19.9. The number of sulfonamides is 1. The van der Waals surface area contributed by atoms with E-state index >= 15 is 0 Å². The second kappa shape index (κ2) is 11.4. The third-order valence-corrected chi connectivity index (χ3v) is 9.08. The van der Waals surface area contributed by atoms with Crippen LogP contribution in [0.15, 0.2) is 108 Å². The predicted octanol–water partition coefficient (Wildman–Crippen LogP) is 6.53. The molecule has 0 atom stereocenters. The van der Waals surface area contributed by atoms with E-state index in [4.69, 9.17) is 9.82 Å². The molecule has 0 amide bonds. The maximum atomic E-state index is 13.2. The van der Waals surface area contributed by atoms with Gasteiger partial charge in [0.2, 0.25) is 0 Å². The largest absolute Gasteiger partial charge is 0.349 e. The van der Waals surface area contributed by atoms with Gasteiger partial charge in [-0.2, -0.15) is 0 Å². The Morgan fingerprint density at radius 3 is 2.27 bits per heavy atom. The Balaban J connectivity index is 1.32. The Hall–Kier alpha value is -4.11. The molecule has 1 aromatic heterocycles. The molecule has 4 aromatic carbocycles. The average Bonchev–Trinajstić information content (AvgIpc) is 3.84. The highest BCUT2D eigenvalue weighted by Crippen LogP contribution is 2.37. The van der Waals surface area contributed by atoms with Crippen LogP contribution in [0.2, 0.25) is 0 Å². The number of hydrogen-bond acceptors (Lipinski definition) is 6. The maximum absolute atomic E-state index is 13.2. The predicted molar refractivity (Wildman–Crippen MR) is 162 cm³/mol. The Bertz CT molecular complexity index is 1790. The van der Waals surface area contributed by atoms with Crippen LogP contribution < -0.4 is 4.90 Å².